The Kier molecular flexibility index (Phi) is 4.42. The average molecular weight is 344 g/mol. The molecule has 0 aliphatic carbocycles. The fourth-order valence-electron chi connectivity index (χ4n) is 3.29. The minimum Gasteiger partial charge on any atom is -0.339 e. The van der Waals surface area contributed by atoms with Crippen molar-refractivity contribution in [1.29, 1.82) is 0 Å². The molecule has 1 atom stereocenters. The van der Waals surface area contributed by atoms with Gasteiger partial charge in [0.05, 0.1) is 0 Å². The number of rotatable bonds is 3. The van der Waals surface area contributed by atoms with Crippen LogP contribution in [0.25, 0.3) is 11.5 Å². The van der Waals surface area contributed by atoms with Gasteiger partial charge >= 0.3 is 0 Å². The third kappa shape index (κ3) is 3.00. The molecule has 0 spiro atoms. The number of hydrogen-bond donors (Lipinski definition) is 0. The number of carbonyl (C=O) groups excluding carboxylic acids is 1. The van der Waals surface area contributed by atoms with Crippen molar-refractivity contribution in [2.24, 2.45) is 0 Å². The molecule has 2 fully saturated rings. The summed E-state index contributed by atoms with van der Waals surface area (Å²) in [7, 11) is 0. The molecule has 0 radical (unpaired) electrons. The number of nitrogens with zero attached hydrogens (tertiary/aromatic N) is 4. The normalized spacial score (nSPS) is 21.2. The van der Waals surface area contributed by atoms with Crippen LogP contribution in [0, 0.1) is 0 Å². The van der Waals surface area contributed by atoms with Crippen molar-refractivity contribution in [3.8, 4) is 11.5 Å². The lowest BCUT2D eigenvalue weighted by Gasteiger charge is -2.31. The van der Waals surface area contributed by atoms with Crippen LogP contribution in [0.2, 0.25) is 0 Å². The molecule has 24 heavy (non-hydrogen) atoms. The molecular formula is C17H20N4O2S. The van der Waals surface area contributed by atoms with Crippen molar-refractivity contribution in [3.05, 3.63) is 30.3 Å². The SMILES string of the molecule is O=C([C@@H]1CCCN1c1noc(-c2ccccc2)n1)N1CCSCC1. The predicted octanol–water partition coefficient (Wildman–Crippen LogP) is 2.28. The van der Waals surface area contributed by atoms with Gasteiger partial charge in [-0.05, 0) is 30.1 Å². The first-order valence-electron chi connectivity index (χ1n) is 8.35. The van der Waals surface area contributed by atoms with Gasteiger partial charge in [-0.25, -0.2) is 0 Å². The zero-order valence-corrected chi connectivity index (χ0v) is 14.2. The second-order valence-electron chi connectivity index (χ2n) is 6.05. The molecule has 0 N–H and O–H groups in total. The molecule has 4 rings (SSSR count). The maximum Gasteiger partial charge on any atom is 0.267 e. The summed E-state index contributed by atoms with van der Waals surface area (Å²) in [6.45, 7) is 2.48. The Morgan fingerprint density at radius 2 is 1.96 bits per heavy atom. The van der Waals surface area contributed by atoms with Crippen LogP contribution in [0.3, 0.4) is 0 Å². The van der Waals surface area contributed by atoms with Crippen LogP contribution in [0.5, 0.6) is 0 Å². The molecule has 0 bridgehead atoms. The van der Waals surface area contributed by atoms with Gasteiger partial charge in [0.1, 0.15) is 6.04 Å². The van der Waals surface area contributed by atoms with E-state index in [-0.39, 0.29) is 11.9 Å². The Morgan fingerprint density at radius 1 is 1.17 bits per heavy atom. The molecule has 1 amide bonds. The summed E-state index contributed by atoms with van der Waals surface area (Å²) < 4.78 is 5.41. The highest BCUT2D eigenvalue weighted by atomic mass is 32.2. The lowest BCUT2D eigenvalue weighted by atomic mass is 10.2. The zero-order chi connectivity index (χ0) is 16.4. The van der Waals surface area contributed by atoms with Gasteiger partial charge in [-0.2, -0.15) is 16.7 Å². The minimum atomic E-state index is -0.158. The zero-order valence-electron chi connectivity index (χ0n) is 13.4. The monoisotopic (exact) mass is 344 g/mol. The largest absolute Gasteiger partial charge is 0.339 e. The minimum absolute atomic E-state index is 0.158. The Hall–Kier alpha value is -2.02. The molecule has 0 unspecified atom stereocenters. The molecule has 0 saturated carbocycles. The third-order valence-electron chi connectivity index (χ3n) is 4.55. The molecule has 3 heterocycles. The number of benzene rings is 1. The van der Waals surface area contributed by atoms with E-state index in [0.29, 0.717) is 11.8 Å². The van der Waals surface area contributed by atoms with Gasteiger partial charge < -0.3 is 14.3 Å². The van der Waals surface area contributed by atoms with E-state index in [0.717, 1.165) is 49.5 Å². The highest BCUT2D eigenvalue weighted by Gasteiger charge is 2.36. The van der Waals surface area contributed by atoms with Gasteiger partial charge in [0.25, 0.3) is 11.8 Å². The molecule has 1 aromatic carbocycles. The highest BCUT2D eigenvalue weighted by molar-refractivity contribution is 7.99. The summed E-state index contributed by atoms with van der Waals surface area (Å²) in [4.78, 5) is 21.3. The number of amides is 1. The van der Waals surface area contributed by atoms with E-state index in [2.05, 4.69) is 10.1 Å². The number of hydrogen-bond acceptors (Lipinski definition) is 6. The van der Waals surface area contributed by atoms with Crippen molar-refractivity contribution in [3.63, 3.8) is 0 Å². The standard InChI is InChI=1S/C17H20N4O2S/c22-16(20-9-11-24-12-10-20)14-7-4-8-21(14)17-18-15(23-19-17)13-5-2-1-3-6-13/h1-3,5-6,14H,4,7-12H2/t14-/m0/s1. The van der Waals surface area contributed by atoms with E-state index in [1.54, 1.807) is 0 Å². The summed E-state index contributed by atoms with van der Waals surface area (Å²) in [5.41, 5.74) is 0.895. The predicted molar refractivity (Wildman–Crippen MR) is 94.0 cm³/mol. The summed E-state index contributed by atoms with van der Waals surface area (Å²) in [6.07, 6.45) is 1.84. The van der Waals surface area contributed by atoms with E-state index in [1.165, 1.54) is 0 Å². The van der Waals surface area contributed by atoms with Gasteiger partial charge in [0.2, 0.25) is 5.91 Å². The van der Waals surface area contributed by atoms with Gasteiger partial charge in [0.15, 0.2) is 0 Å². The van der Waals surface area contributed by atoms with Crippen LogP contribution < -0.4 is 4.90 Å². The Morgan fingerprint density at radius 3 is 2.75 bits per heavy atom. The number of anilines is 1. The Labute approximate surface area is 145 Å². The smallest absolute Gasteiger partial charge is 0.267 e. The molecular weight excluding hydrogens is 324 g/mol. The fourth-order valence-corrected chi connectivity index (χ4v) is 4.19. The average Bonchev–Trinajstić information content (AvgIpc) is 3.32. The summed E-state index contributed by atoms with van der Waals surface area (Å²) in [5.74, 6) is 3.28. The van der Waals surface area contributed by atoms with Crippen LogP contribution in [-0.2, 0) is 4.79 Å². The third-order valence-corrected chi connectivity index (χ3v) is 5.50. The topological polar surface area (TPSA) is 62.5 Å². The van der Waals surface area contributed by atoms with Crippen molar-refractivity contribution in [2.75, 3.05) is 36.0 Å². The lowest BCUT2D eigenvalue weighted by Crippen LogP contribution is -2.48. The van der Waals surface area contributed by atoms with Crippen LogP contribution in [-0.4, -0.2) is 58.1 Å². The van der Waals surface area contributed by atoms with Gasteiger partial charge in [0, 0.05) is 36.7 Å². The lowest BCUT2D eigenvalue weighted by molar-refractivity contribution is -0.132. The highest BCUT2D eigenvalue weighted by Crippen LogP contribution is 2.27. The molecule has 7 heteroatoms. The molecule has 6 nitrogen and oxygen atoms in total. The van der Waals surface area contributed by atoms with E-state index in [1.807, 2.05) is 51.9 Å². The molecule has 2 aromatic rings. The summed E-state index contributed by atoms with van der Waals surface area (Å²) in [6, 6.07) is 9.55. The fraction of sp³-hybridized carbons (Fsp3) is 0.471. The molecule has 2 aliphatic heterocycles. The van der Waals surface area contributed by atoms with E-state index >= 15 is 0 Å². The van der Waals surface area contributed by atoms with Crippen molar-refractivity contribution >= 4 is 23.6 Å². The summed E-state index contributed by atoms with van der Waals surface area (Å²) >= 11 is 1.91. The molecule has 126 valence electrons. The van der Waals surface area contributed by atoms with Gasteiger partial charge in [-0.15, -0.1) is 0 Å². The number of carbonyl (C=O) groups is 1. The summed E-state index contributed by atoms with van der Waals surface area (Å²) in [5, 5.41) is 4.12. The van der Waals surface area contributed by atoms with Gasteiger partial charge in [-0.3, -0.25) is 4.79 Å². The molecule has 1 aromatic heterocycles. The Balaban J connectivity index is 1.52. The Bertz CT molecular complexity index is 700. The molecule has 2 aliphatic rings. The van der Waals surface area contributed by atoms with Crippen molar-refractivity contribution < 1.29 is 9.32 Å². The van der Waals surface area contributed by atoms with Crippen LogP contribution >= 0.6 is 11.8 Å². The van der Waals surface area contributed by atoms with Crippen LogP contribution in [0.1, 0.15) is 12.8 Å². The van der Waals surface area contributed by atoms with E-state index in [9.17, 15) is 4.79 Å². The number of thioether (sulfide) groups is 1. The van der Waals surface area contributed by atoms with Crippen LogP contribution in [0.4, 0.5) is 5.95 Å². The quantitative estimate of drug-likeness (QED) is 0.851. The molecule has 2 saturated heterocycles. The first kappa shape index (κ1) is 15.5. The maximum absolute atomic E-state index is 12.8. The first-order valence-corrected chi connectivity index (χ1v) is 9.51. The van der Waals surface area contributed by atoms with E-state index < -0.39 is 0 Å². The van der Waals surface area contributed by atoms with Crippen molar-refractivity contribution in [1.82, 2.24) is 15.0 Å². The second-order valence-corrected chi connectivity index (χ2v) is 7.28. The number of aromatic nitrogens is 2. The second kappa shape index (κ2) is 6.84. The van der Waals surface area contributed by atoms with Gasteiger partial charge in [-0.1, -0.05) is 18.2 Å². The van der Waals surface area contributed by atoms with Crippen molar-refractivity contribution in [2.45, 2.75) is 18.9 Å². The van der Waals surface area contributed by atoms with E-state index in [4.69, 9.17) is 4.52 Å². The first-order chi connectivity index (χ1) is 11.8. The maximum atomic E-state index is 12.8. The van der Waals surface area contributed by atoms with Crippen LogP contribution in [0.15, 0.2) is 34.9 Å².